The van der Waals surface area contributed by atoms with Gasteiger partial charge in [-0.3, -0.25) is 4.99 Å². The highest BCUT2D eigenvalue weighted by atomic mass is 127. The molecule has 0 unspecified atom stereocenters. The second-order valence-corrected chi connectivity index (χ2v) is 7.86. The minimum absolute atomic E-state index is 0. The number of benzene rings is 1. The molecule has 0 spiro atoms. The fraction of sp³-hybridized carbons (Fsp3) is 0.708. The normalized spacial score (nSPS) is 14.8. The predicted molar refractivity (Wildman–Crippen MR) is 142 cm³/mol. The molecule has 0 aliphatic carbocycles. The summed E-state index contributed by atoms with van der Waals surface area (Å²) in [7, 11) is 1.80. The average Bonchev–Trinajstić information content (AvgIpc) is 2.82. The Bertz CT molecular complexity index is 606. The van der Waals surface area contributed by atoms with Crippen molar-refractivity contribution in [2.24, 2.45) is 10.9 Å². The number of rotatable bonds is 14. The Kier molecular flexibility index (Phi) is 16.6. The van der Waals surface area contributed by atoms with Gasteiger partial charge in [-0.15, -0.1) is 24.0 Å². The van der Waals surface area contributed by atoms with Gasteiger partial charge in [-0.1, -0.05) is 26.0 Å². The maximum Gasteiger partial charge on any atom is 0.191 e. The number of nitrogens with one attached hydrogen (secondary N) is 2. The number of hydrogen-bond acceptors (Lipinski definition) is 5. The summed E-state index contributed by atoms with van der Waals surface area (Å²) < 4.78 is 17.0. The third-order valence-corrected chi connectivity index (χ3v) is 5.63. The van der Waals surface area contributed by atoms with Gasteiger partial charge in [-0.2, -0.15) is 0 Å². The van der Waals surface area contributed by atoms with Gasteiger partial charge in [0.15, 0.2) is 5.96 Å². The molecule has 32 heavy (non-hydrogen) atoms. The van der Waals surface area contributed by atoms with Crippen molar-refractivity contribution in [1.29, 1.82) is 0 Å². The number of halogens is 1. The Morgan fingerprint density at radius 1 is 1.09 bits per heavy atom. The van der Waals surface area contributed by atoms with Crippen LogP contribution in [0.4, 0.5) is 0 Å². The molecule has 1 heterocycles. The summed E-state index contributed by atoms with van der Waals surface area (Å²) in [5, 5.41) is 6.71. The SMILES string of the molecule is CCN(CC)CCOc1ccc(CNC(=NC)NCCCOCC2CCOCC2)cc1.I. The van der Waals surface area contributed by atoms with Gasteiger partial charge in [-0.05, 0) is 56.0 Å². The van der Waals surface area contributed by atoms with Crippen LogP contribution in [0.5, 0.6) is 5.75 Å². The van der Waals surface area contributed by atoms with Crippen LogP contribution in [0.1, 0.15) is 38.7 Å². The van der Waals surface area contributed by atoms with Gasteiger partial charge in [-0.25, -0.2) is 0 Å². The molecule has 7 nitrogen and oxygen atoms in total. The van der Waals surface area contributed by atoms with Crippen LogP contribution in [0, 0.1) is 5.92 Å². The monoisotopic (exact) mass is 562 g/mol. The van der Waals surface area contributed by atoms with Crippen LogP contribution in [-0.2, 0) is 16.0 Å². The molecule has 1 aliphatic rings. The van der Waals surface area contributed by atoms with E-state index in [0.29, 0.717) is 12.5 Å². The summed E-state index contributed by atoms with van der Waals surface area (Å²) in [6.45, 7) is 13.1. The van der Waals surface area contributed by atoms with E-state index in [1.54, 1.807) is 7.05 Å². The molecule has 1 aliphatic heterocycles. The zero-order valence-electron chi connectivity index (χ0n) is 20.1. The van der Waals surface area contributed by atoms with E-state index in [1.165, 1.54) is 5.56 Å². The Morgan fingerprint density at radius 2 is 1.81 bits per heavy atom. The lowest BCUT2D eigenvalue weighted by molar-refractivity contribution is 0.0203. The molecule has 184 valence electrons. The van der Waals surface area contributed by atoms with E-state index in [0.717, 1.165) is 90.1 Å². The quantitative estimate of drug-likeness (QED) is 0.157. The number of ether oxygens (including phenoxy) is 3. The van der Waals surface area contributed by atoms with Crippen LogP contribution in [0.2, 0.25) is 0 Å². The molecule has 2 N–H and O–H groups in total. The lowest BCUT2D eigenvalue weighted by atomic mass is 10.0. The minimum atomic E-state index is 0. The van der Waals surface area contributed by atoms with Crippen LogP contribution >= 0.6 is 24.0 Å². The van der Waals surface area contributed by atoms with Crippen molar-refractivity contribution in [1.82, 2.24) is 15.5 Å². The van der Waals surface area contributed by atoms with Crippen LogP contribution in [0.3, 0.4) is 0 Å². The van der Waals surface area contributed by atoms with Crippen LogP contribution < -0.4 is 15.4 Å². The first-order chi connectivity index (χ1) is 15.2. The third-order valence-electron chi connectivity index (χ3n) is 5.63. The van der Waals surface area contributed by atoms with Gasteiger partial charge in [0.05, 0.1) is 0 Å². The van der Waals surface area contributed by atoms with Crippen LogP contribution in [0.15, 0.2) is 29.3 Å². The molecule has 0 radical (unpaired) electrons. The van der Waals surface area contributed by atoms with E-state index in [-0.39, 0.29) is 24.0 Å². The van der Waals surface area contributed by atoms with E-state index in [2.05, 4.69) is 46.5 Å². The minimum Gasteiger partial charge on any atom is -0.492 e. The van der Waals surface area contributed by atoms with E-state index < -0.39 is 0 Å². The van der Waals surface area contributed by atoms with Crippen molar-refractivity contribution >= 4 is 29.9 Å². The fourth-order valence-corrected chi connectivity index (χ4v) is 3.49. The summed E-state index contributed by atoms with van der Waals surface area (Å²) in [6, 6.07) is 8.25. The maximum absolute atomic E-state index is 5.85. The lowest BCUT2D eigenvalue weighted by Crippen LogP contribution is -2.37. The fourth-order valence-electron chi connectivity index (χ4n) is 3.49. The van der Waals surface area contributed by atoms with E-state index in [4.69, 9.17) is 14.2 Å². The first-order valence-electron chi connectivity index (χ1n) is 11.8. The Labute approximate surface area is 211 Å². The Balaban J connectivity index is 0.00000512. The zero-order chi connectivity index (χ0) is 22.2. The van der Waals surface area contributed by atoms with Crippen molar-refractivity contribution in [2.45, 2.75) is 39.7 Å². The van der Waals surface area contributed by atoms with Gasteiger partial charge in [0.2, 0.25) is 0 Å². The number of likely N-dealkylation sites (N-methyl/N-ethyl adjacent to an activating group) is 1. The Hall–Kier alpha value is -1.10. The molecule has 0 atom stereocenters. The van der Waals surface area contributed by atoms with Gasteiger partial charge >= 0.3 is 0 Å². The van der Waals surface area contributed by atoms with Crippen molar-refractivity contribution in [2.75, 3.05) is 66.3 Å². The van der Waals surface area contributed by atoms with Crippen molar-refractivity contribution in [3.8, 4) is 5.75 Å². The van der Waals surface area contributed by atoms with Gasteiger partial charge in [0.25, 0.3) is 0 Å². The first kappa shape index (κ1) is 28.9. The largest absolute Gasteiger partial charge is 0.492 e. The van der Waals surface area contributed by atoms with Gasteiger partial charge < -0.3 is 29.7 Å². The highest BCUT2D eigenvalue weighted by Gasteiger charge is 2.13. The molecule has 0 saturated carbocycles. The smallest absolute Gasteiger partial charge is 0.191 e. The third kappa shape index (κ3) is 12.2. The van der Waals surface area contributed by atoms with E-state index >= 15 is 0 Å². The number of aliphatic imine (C=N–C) groups is 1. The molecule has 0 bridgehead atoms. The van der Waals surface area contributed by atoms with Crippen LogP contribution in [-0.4, -0.2) is 77.1 Å². The summed E-state index contributed by atoms with van der Waals surface area (Å²) in [4.78, 5) is 6.65. The molecule has 0 amide bonds. The molecule has 1 saturated heterocycles. The Morgan fingerprint density at radius 3 is 2.47 bits per heavy atom. The van der Waals surface area contributed by atoms with Crippen molar-refractivity contribution in [3.63, 3.8) is 0 Å². The summed E-state index contributed by atoms with van der Waals surface area (Å²) in [6.07, 6.45) is 3.21. The molecule has 2 rings (SSSR count). The van der Waals surface area contributed by atoms with Crippen LogP contribution in [0.25, 0.3) is 0 Å². The summed E-state index contributed by atoms with van der Waals surface area (Å²) in [5.74, 6) is 2.39. The molecule has 1 aromatic rings. The average molecular weight is 563 g/mol. The molecule has 1 aromatic carbocycles. The first-order valence-corrected chi connectivity index (χ1v) is 11.8. The molecular weight excluding hydrogens is 519 g/mol. The maximum atomic E-state index is 5.85. The highest BCUT2D eigenvalue weighted by molar-refractivity contribution is 14.0. The van der Waals surface area contributed by atoms with Gasteiger partial charge in [0.1, 0.15) is 12.4 Å². The molecular formula is C24H43IN4O3. The number of nitrogens with zero attached hydrogens (tertiary/aromatic N) is 2. The number of hydrogen-bond donors (Lipinski definition) is 2. The summed E-state index contributed by atoms with van der Waals surface area (Å²) in [5.41, 5.74) is 1.19. The van der Waals surface area contributed by atoms with E-state index in [1.807, 2.05) is 12.1 Å². The predicted octanol–water partition coefficient (Wildman–Crippen LogP) is 3.52. The second-order valence-electron chi connectivity index (χ2n) is 7.86. The second kappa shape index (κ2) is 18.3. The topological polar surface area (TPSA) is 67.4 Å². The van der Waals surface area contributed by atoms with Crippen molar-refractivity contribution < 1.29 is 14.2 Å². The standard InChI is InChI=1S/C24H42N4O3.HI/c1-4-28(5-2)14-18-31-23-9-7-21(8-10-23)19-27-24(25-3)26-13-6-15-30-20-22-11-16-29-17-12-22;/h7-10,22H,4-6,11-20H2,1-3H3,(H2,25,26,27);1H. The molecule has 1 fully saturated rings. The zero-order valence-corrected chi connectivity index (χ0v) is 22.4. The molecule has 8 heteroatoms. The van der Waals surface area contributed by atoms with E-state index in [9.17, 15) is 0 Å². The van der Waals surface area contributed by atoms with Crippen molar-refractivity contribution in [3.05, 3.63) is 29.8 Å². The lowest BCUT2D eigenvalue weighted by Gasteiger charge is -2.21. The molecule has 0 aromatic heterocycles. The van der Waals surface area contributed by atoms with Gasteiger partial charge in [0, 0.05) is 53.1 Å². The number of guanidine groups is 1. The highest BCUT2D eigenvalue weighted by Crippen LogP contribution is 2.14. The summed E-state index contributed by atoms with van der Waals surface area (Å²) >= 11 is 0.